The van der Waals surface area contributed by atoms with Crippen LogP contribution in [0.5, 0.6) is 0 Å². The Balaban J connectivity index is 1.78. The molecule has 0 unspecified atom stereocenters. The molecule has 0 spiro atoms. The SMILES string of the molecule is Cc1ccc(-n2nc(C(=O)NCc3ccc(F)cc3)c(=O)n(Cc3ccccc3)c2=O)cc1Cl. The van der Waals surface area contributed by atoms with Gasteiger partial charge in [0.25, 0.3) is 11.5 Å². The van der Waals surface area contributed by atoms with Gasteiger partial charge in [-0.15, -0.1) is 0 Å². The summed E-state index contributed by atoms with van der Waals surface area (Å²) in [5.74, 6) is -1.16. The molecule has 0 aliphatic rings. The van der Waals surface area contributed by atoms with Gasteiger partial charge in [0.15, 0.2) is 0 Å². The van der Waals surface area contributed by atoms with E-state index in [0.717, 1.165) is 14.8 Å². The molecular weight excluding hydrogens is 459 g/mol. The van der Waals surface area contributed by atoms with E-state index in [9.17, 15) is 18.8 Å². The maximum absolute atomic E-state index is 13.2. The molecule has 7 nitrogen and oxygen atoms in total. The minimum Gasteiger partial charge on any atom is -0.346 e. The number of rotatable bonds is 6. The number of benzene rings is 3. The van der Waals surface area contributed by atoms with Crippen LogP contribution in [-0.4, -0.2) is 20.3 Å². The van der Waals surface area contributed by atoms with Crippen molar-refractivity contribution in [2.45, 2.75) is 20.0 Å². The molecule has 1 aromatic heterocycles. The topological polar surface area (TPSA) is 86.0 Å². The second kappa shape index (κ2) is 9.84. The van der Waals surface area contributed by atoms with Crippen LogP contribution in [0.4, 0.5) is 4.39 Å². The highest BCUT2D eigenvalue weighted by molar-refractivity contribution is 6.31. The number of aryl methyl sites for hydroxylation is 1. The van der Waals surface area contributed by atoms with Crippen LogP contribution in [-0.2, 0) is 13.1 Å². The van der Waals surface area contributed by atoms with E-state index < -0.39 is 28.7 Å². The fourth-order valence-electron chi connectivity index (χ4n) is 3.31. The maximum atomic E-state index is 13.2. The lowest BCUT2D eigenvalue weighted by Crippen LogP contribution is -2.46. The number of amides is 1. The van der Waals surface area contributed by atoms with Gasteiger partial charge < -0.3 is 5.32 Å². The summed E-state index contributed by atoms with van der Waals surface area (Å²) in [6.07, 6.45) is 0. The molecule has 3 aromatic carbocycles. The molecule has 1 amide bonds. The predicted octanol–water partition coefficient (Wildman–Crippen LogP) is 3.47. The van der Waals surface area contributed by atoms with Gasteiger partial charge in [-0.2, -0.15) is 9.78 Å². The summed E-state index contributed by atoms with van der Waals surface area (Å²) in [7, 11) is 0. The normalized spacial score (nSPS) is 10.8. The predicted molar refractivity (Wildman–Crippen MR) is 127 cm³/mol. The number of nitrogens with one attached hydrogen (secondary N) is 1. The Labute approximate surface area is 199 Å². The van der Waals surface area contributed by atoms with Crippen molar-refractivity contribution in [2.24, 2.45) is 0 Å². The minimum atomic E-state index is -0.820. The molecule has 0 aliphatic heterocycles. The van der Waals surface area contributed by atoms with Gasteiger partial charge in [-0.05, 0) is 47.9 Å². The Bertz CT molecular complexity index is 1460. The molecule has 0 atom stereocenters. The molecule has 0 saturated carbocycles. The summed E-state index contributed by atoms with van der Waals surface area (Å²) < 4.78 is 15.1. The van der Waals surface area contributed by atoms with Crippen molar-refractivity contribution < 1.29 is 9.18 Å². The summed E-state index contributed by atoms with van der Waals surface area (Å²) in [6, 6.07) is 19.4. The van der Waals surface area contributed by atoms with E-state index in [1.807, 2.05) is 13.0 Å². The standard InChI is InChI=1S/C25H20ClFN4O3/c1-16-7-12-20(13-21(16)26)31-25(34)30(15-18-5-3-2-4-6-18)24(33)22(29-31)23(32)28-14-17-8-10-19(27)11-9-17/h2-13H,14-15H2,1H3,(H,28,32). The zero-order valence-electron chi connectivity index (χ0n) is 18.2. The van der Waals surface area contributed by atoms with Crippen LogP contribution in [0.3, 0.4) is 0 Å². The van der Waals surface area contributed by atoms with Gasteiger partial charge in [0, 0.05) is 11.6 Å². The first-order valence-corrected chi connectivity index (χ1v) is 10.8. The molecule has 0 aliphatic carbocycles. The summed E-state index contributed by atoms with van der Waals surface area (Å²) in [6.45, 7) is 1.82. The number of hydrogen-bond acceptors (Lipinski definition) is 4. The van der Waals surface area contributed by atoms with Crippen LogP contribution in [0.1, 0.15) is 27.2 Å². The molecule has 172 valence electrons. The highest BCUT2D eigenvalue weighted by atomic mass is 35.5. The molecule has 0 saturated heterocycles. The van der Waals surface area contributed by atoms with Gasteiger partial charge in [-0.25, -0.2) is 9.18 Å². The maximum Gasteiger partial charge on any atom is 0.352 e. The number of nitrogens with zero attached hydrogens (tertiary/aromatic N) is 3. The van der Waals surface area contributed by atoms with E-state index >= 15 is 0 Å². The summed E-state index contributed by atoms with van der Waals surface area (Å²) in [5, 5.41) is 7.10. The van der Waals surface area contributed by atoms with E-state index in [1.165, 1.54) is 24.3 Å². The summed E-state index contributed by atoms with van der Waals surface area (Å²) in [5.41, 5.74) is 0.485. The van der Waals surface area contributed by atoms with E-state index in [-0.39, 0.29) is 13.1 Å². The third kappa shape index (κ3) is 4.97. The van der Waals surface area contributed by atoms with Crippen LogP contribution in [0.2, 0.25) is 5.02 Å². The Hall–Kier alpha value is -4.04. The van der Waals surface area contributed by atoms with Crippen molar-refractivity contribution in [1.82, 2.24) is 19.7 Å². The lowest BCUT2D eigenvalue weighted by molar-refractivity contribution is 0.0941. The Kier molecular flexibility index (Phi) is 6.70. The lowest BCUT2D eigenvalue weighted by atomic mass is 10.2. The number of aromatic nitrogens is 3. The summed E-state index contributed by atoms with van der Waals surface area (Å²) in [4.78, 5) is 39.3. The van der Waals surface area contributed by atoms with Crippen molar-refractivity contribution in [1.29, 1.82) is 0 Å². The molecule has 0 fully saturated rings. The Morgan fingerprint density at radius 2 is 1.71 bits per heavy atom. The summed E-state index contributed by atoms with van der Waals surface area (Å²) >= 11 is 6.23. The van der Waals surface area contributed by atoms with Gasteiger partial charge in [0.05, 0.1) is 12.2 Å². The molecule has 4 aromatic rings. The van der Waals surface area contributed by atoms with Crippen molar-refractivity contribution >= 4 is 17.5 Å². The number of carbonyl (C=O) groups excluding carboxylic acids is 1. The average molecular weight is 479 g/mol. The Morgan fingerprint density at radius 1 is 1.00 bits per heavy atom. The van der Waals surface area contributed by atoms with E-state index in [4.69, 9.17) is 11.6 Å². The van der Waals surface area contributed by atoms with Crippen LogP contribution >= 0.6 is 11.6 Å². The molecule has 0 bridgehead atoms. The second-order valence-electron chi connectivity index (χ2n) is 7.66. The molecule has 1 N–H and O–H groups in total. The average Bonchev–Trinajstić information content (AvgIpc) is 2.84. The van der Waals surface area contributed by atoms with E-state index in [2.05, 4.69) is 10.4 Å². The van der Waals surface area contributed by atoms with Gasteiger partial charge in [-0.3, -0.25) is 14.2 Å². The monoisotopic (exact) mass is 478 g/mol. The van der Waals surface area contributed by atoms with E-state index in [0.29, 0.717) is 21.8 Å². The fraction of sp³-hybridized carbons (Fsp3) is 0.120. The molecule has 1 heterocycles. The van der Waals surface area contributed by atoms with Crippen LogP contribution in [0.25, 0.3) is 5.69 Å². The van der Waals surface area contributed by atoms with Crippen molar-refractivity contribution in [3.63, 3.8) is 0 Å². The first-order valence-electron chi connectivity index (χ1n) is 10.4. The quantitative estimate of drug-likeness (QED) is 0.460. The van der Waals surface area contributed by atoms with Crippen LogP contribution in [0, 0.1) is 12.7 Å². The molecular formula is C25H20ClFN4O3. The first kappa shape index (κ1) is 23.1. The van der Waals surface area contributed by atoms with Crippen LogP contribution < -0.4 is 16.6 Å². The van der Waals surface area contributed by atoms with Gasteiger partial charge in [0.2, 0.25) is 5.69 Å². The van der Waals surface area contributed by atoms with Crippen LogP contribution in [0.15, 0.2) is 82.4 Å². The largest absolute Gasteiger partial charge is 0.352 e. The highest BCUT2D eigenvalue weighted by Gasteiger charge is 2.20. The van der Waals surface area contributed by atoms with Gasteiger partial charge in [-0.1, -0.05) is 60.1 Å². The van der Waals surface area contributed by atoms with Crippen molar-refractivity contribution in [3.8, 4) is 5.69 Å². The minimum absolute atomic E-state index is 0.0428. The lowest BCUT2D eigenvalue weighted by Gasteiger charge is -2.13. The zero-order chi connectivity index (χ0) is 24.2. The van der Waals surface area contributed by atoms with Crippen molar-refractivity contribution in [3.05, 3.63) is 127 Å². The third-order valence-electron chi connectivity index (χ3n) is 5.22. The smallest absolute Gasteiger partial charge is 0.346 e. The highest BCUT2D eigenvalue weighted by Crippen LogP contribution is 2.18. The Morgan fingerprint density at radius 3 is 2.38 bits per heavy atom. The van der Waals surface area contributed by atoms with Crippen molar-refractivity contribution in [2.75, 3.05) is 0 Å². The number of halogens is 2. The third-order valence-corrected chi connectivity index (χ3v) is 5.63. The van der Waals surface area contributed by atoms with E-state index in [1.54, 1.807) is 42.5 Å². The number of carbonyl (C=O) groups is 1. The number of hydrogen-bond donors (Lipinski definition) is 1. The van der Waals surface area contributed by atoms with Gasteiger partial charge >= 0.3 is 5.69 Å². The zero-order valence-corrected chi connectivity index (χ0v) is 18.9. The molecule has 9 heteroatoms. The van der Waals surface area contributed by atoms with Gasteiger partial charge in [0.1, 0.15) is 5.82 Å². The molecule has 4 rings (SSSR count). The second-order valence-corrected chi connectivity index (χ2v) is 8.07. The fourth-order valence-corrected chi connectivity index (χ4v) is 3.49. The molecule has 34 heavy (non-hydrogen) atoms. The molecule has 0 radical (unpaired) electrons. The first-order chi connectivity index (χ1) is 16.3.